The zero-order valence-corrected chi connectivity index (χ0v) is 8.54. The van der Waals surface area contributed by atoms with Crippen LogP contribution in [0.4, 0.5) is 5.69 Å². The van der Waals surface area contributed by atoms with Gasteiger partial charge in [0.05, 0.1) is 18.1 Å². The summed E-state index contributed by atoms with van der Waals surface area (Å²) in [5, 5.41) is 32.6. The Morgan fingerprint density at radius 3 is 2.47 bits per heavy atom. The van der Waals surface area contributed by atoms with Crippen molar-refractivity contribution in [1.29, 1.82) is 0 Å². The molecule has 0 aromatic carbocycles. The lowest BCUT2D eigenvalue weighted by Crippen LogP contribution is -2.38. The first-order valence-electron chi connectivity index (χ1n) is 4.37. The van der Waals surface area contributed by atoms with Crippen LogP contribution in [0.2, 0.25) is 0 Å². The van der Waals surface area contributed by atoms with E-state index in [0.717, 1.165) is 0 Å². The highest BCUT2D eigenvalue weighted by molar-refractivity contribution is 5.31. The molecule has 0 amide bonds. The van der Waals surface area contributed by atoms with Gasteiger partial charge in [0.2, 0.25) is 0 Å². The van der Waals surface area contributed by atoms with Crippen molar-refractivity contribution in [2.75, 3.05) is 13.2 Å². The van der Waals surface area contributed by atoms with Gasteiger partial charge in [0.15, 0.2) is 0 Å². The van der Waals surface area contributed by atoms with Gasteiger partial charge in [-0.2, -0.15) is 5.10 Å². The fourth-order valence-electron chi connectivity index (χ4n) is 1.10. The highest BCUT2D eigenvalue weighted by atomic mass is 16.6. The second-order valence-corrected chi connectivity index (χ2v) is 3.61. The Labute approximate surface area is 86.1 Å². The zero-order chi connectivity index (χ0) is 11.6. The van der Waals surface area contributed by atoms with Gasteiger partial charge in [0.1, 0.15) is 17.4 Å². The van der Waals surface area contributed by atoms with Crippen molar-refractivity contribution in [2.24, 2.45) is 0 Å². The van der Waals surface area contributed by atoms with Gasteiger partial charge in [-0.05, 0) is 13.8 Å². The molecule has 0 fully saturated rings. The summed E-state index contributed by atoms with van der Waals surface area (Å²) in [6.45, 7) is 2.37. The van der Waals surface area contributed by atoms with E-state index in [9.17, 15) is 10.1 Å². The number of nitro groups is 1. The number of hydrogen-bond acceptors (Lipinski definition) is 5. The number of nitrogens with zero attached hydrogens (tertiary/aromatic N) is 3. The first-order chi connectivity index (χ1) is 6.94. The number of aromatic nitrogens is 2. The molecule has 0 aliphatic heterocycles. The number of aryl methyl sites for hydroxylation is 1. The van der Waals surface area contributed by atoms with E-state index >= 15 is 0 Å². The fraction of sp³-hybridized carbons (Fsp3) is 0.625. The molecular weight excluding hydrogens is 202 g/mol. The summed E-state index contributed by atoms with van der Waals surface area (Å²) < 4.78 is 1.22. The van der Waals surface area contributed by atoms with E-state index < -0.39 is 10.5 Å². The van der Waals surface area contributed by atoms with Crippen molar-refractivity contribution < 1.29 is 15.1 Å². The van der Waals surface area contributed by atoms with Crippen molar-refractivity contribution >= 4 is 5.69 Å². The van der Waals surface area contributed by atoms with Gasteiger partial charge in [0.25, 0.3) is 0 Å². The van der Waals surface area contributed by atoms with E-state index in [0.29, 0.717) is 0 Å². The highest BCUT2D eigenvalue weighted by Crippen LogP contribution is 2.21. The third-order valence-electron chi connectivity index (χ3n) is 2.30. The third-order valence-corrected chi connectivity index (χ3v) is 2.30. The van der Waals surface area contributed by atoms with E-state index in [4.69, 9.17) is 10.2 Å². The molecule has 0 spiro atoms. The van der Waals surface area contributed by atoms with Gasteiger partial charge in [-0.25, -0.2) is 0 Å². The normalized spacial score (nSPS) is 11.7. The first-order valence-corrected chi connectivity index (χ1v) is 4.37. The summed E-state index contributed by atoms with van der Waals surface area (Å²) in [6.07, 6.45) is 1.21. The number of hydrogen-bond donors (Lipinski definition) is 2. The van der Waals surface area contributed by atoms with Gasteiger partial charge < -0.3 is 10.2 Å². The molecular formula is C8H13N3O4. The maximum absolute atomic E-state index is 10.6. The van der Waals surface area contributed by atoms with Crippen molar-refractivity contribution in [3.63, 3.8) is 0 Å². The lowest BCUT2D eigenvalue weighted by atomic mass is 10.1. The van der Waals surface area contributed by atoms with Gasteiger partial charge in [0, 0.05) is 0 Å². The van der Waals surface area contributed by atoms with Gasteiger partial charge in [-0.15, -0.1) is 0 Å². The predicted octanol–water partition coefficient (Wildman–Crippen LogP) is -0.200. The van der Waals surface area contributed by atoms with E-state index in [1.807, 2.05) is 0 Å². The molecule has 1 rings (SSSR count). The standard InChI is InChI=1S/C8H13N3O4/c1-6-7(11(14)15)3-10(9-6)8(2,4-12)5-13/h3,12-13H,4-5H2,1-2H3. The van der Waals surface area contributed by atoms with Crippen molar-refractivity contribution in [3.05, 3.63) is 22.0 Å². The second kappa shape index (κ2) is 3.95. The zero-order valence-electron chi connectivity index (χ0n) is 8.54. The van der Waals surface area contributed by atoms with Crippen LogP contribution in [0.1, 0.15) is 12.6 Å². The van der Waals surface area contributed by atoms with Crippen molar-refractivity contribution in [2.45, 2.75) is 19.4 Å². The minimum Gasteiger partial charge on any atom is -0.394 e. The molecule has 0 radical (unpaired) electrons. The maximum atomic E-state index is 10.6. The van der Waals surface area contributed by atoms with Crippen LogP contribution in [-0.4, -0.2) is 38.1 Å². The number of rotatable bonds is 4. The summed E-state index contributed by atoms with van der Waals surface area (Å²) in [5.41, 5.74) is -0.879. The molecule has 0 saturated heterocycles. The van der Waals surface area contributed by atoms with Gasteiger partial charge in [-0.1, -0.05) is 0 Å². The van der Waals surface area contributed by atoms with Gasteiger partial charge in [-0.3, -0.25) is 14.8 Å². The molecule has 2 N–H and O–H groups in total. The minimum atomic E-state index is -1.01. The monoisotopic (exact) mass is 215 g/mol. The number of aliphatic hydroxyl groups excluding tert-OH is 2. The van der Waals surface area contributed by atoms with E-state index in [2.05, 4.69) is 5.10 Å². The molecule has 7 heteroatoms. The molecule has 0 saturated carbocycles. The summed E-state index contributed by atoms with van der Waals surface area (Å²) in [4.78, 5) is 10.0. The van der Waals surface area contributed by atoms with Crippen LogP contribution in [0.3, 0.4) is 0 Å². The van der Waals surface area contributed by atoms with Crippen LogP contribution in [0.25, 0.3) is 0 Å². The van der Waals surface area contributed by atoms with Gasteiger partial charge >= 0.3 is 5.69 Å². The molecule has 7 nitrogen and oxygen atoms in total. The number of aliphatic hydroxyl groups is 2. The van der Waals surface area contributed by atoms with Crippen LogP contribution in [0, 0.1) is 17.0 Å². The van der Waals surface area contributed by atoms with Crippen LogP contribution in [-0.2, 0) is 5.54 Å². The Balaban J connectivity index is 3.17. The predicted molar refractivity (Wildman–Crippen MR) is 51.4 cm³/mol. The fourth-order valence-corrected chi connectivity index (χ4v) is 1.10. The average Bonchev–Trinajstić information content (AvgIpc) is 2.59. The summed E-state index contributed by atoms with van der Waals surface area (Å²) >= 11 is 0. The molecule has 0 bridgehead atoms. The Morgan fingerprint density at radius 2 is 2.13 bits per heavy atom. The van der Waals surface area contributed by atoms with E-state index in [-0.39, 0.29) is 24.6 Å². The van der Waals surface area contributed by atoms with Crippen molar-refractivity contribution in [3.8, 4) is 0 Å². The molecule has 15 heavy (non-hydrogen) atoms. The van der Waals surface area contributed by atoms with Crippen LogP contribution < -0.4 is 0 Å². The lowest BCUT2D eigenvalue weighted by molar-refractivity contribution is -0.385. The molecule has 1 heterocycles. The Bertz CT molecular complexity index is 370. The lowest BCUT2D eigenvalue weighted by Gasteiger charge is -2.24. The molecule has 84 valence electrons. The highest BCUT2D eigenvalue weighted by Gasteiger charge is 2.29. The Hall–Kier alpha value is -1.47. The quantitative estimate of drug-likeness (QED) is 0.535. The van der Waals surface area contributed by atoms with Crippen molar-refractivity contribution in [1.82, 2.24) is 9.78 Å². The van der Waals surface area contributed by atoms with Crippen LogP contribution in [0.15, 0.2) is 6.20 Å². The van der Waals surface area contributed by atoms with E-state index in [1.165, 1.54) is 17.8 Å². The smallest absolute Gasteiger partial charge is 0.309 e. The third kappa shape index (κ3) is 1.97. The van der Waals surface area contributed by atoms with Crippen LogP contribution >= 0.6 is 0 Å². The Morgan fingerprint density at radius 1 is 1.60 bits per heavy atom. The second-order valence-electron chi connectivity index (χ2n) is 3.61. The molecule has 0 atom stereocenters. The molecule has 1 aromatic rings. The largest absolute Gasteiger partial charge is 0.394 e. The molecule has 0 unspecified atom stereocenters. The molecule has 1 aromatic heterocycles. The van der Waals surface area contributed by atoms with E-state index in [1.54, 1.807) is 6.92 Å². The van der Waals surface area contributed by atoms with Crippen LogP contribution in [0.5, 0.6) is 0 Å². The topological polar surface area (TPSA) is 101 Å². The SMILES string of the molecule is Cc1nn(C(C)(CO)CO)cc1[N+](=O)[O-]. The summed E-state index contributed by atoms with van der Waals surface area (Å²) in [5.74, 6) is 0. The Kier molecular flexibility index (Phi) is 3.06. The average molecular weight is 215 g/mol. The maximum Gasteiger partial charge on any atom is 0.309 e. The molecule has 0 aliphatic rings. The first kappa shape index (κ1) is 11.6. The summed E-state index contributed by atoms with van der Waals surface area (Å²) in [7, 11) is 0. The molecule has 0 aliphatic carbocycles. The minimum absolute atomic E-state index is 0.122. The summed E-state index contributed by atoms with van der Waals surface area (Å²) in [6, 6.07) is 0.